The third kappa shape index (κ3) is 1.63. The van der Waals surface area contributed by atoms with Crippen molar-refractivity contribution in [1.82, 2.24) is 0 Å². The lowest BCUT2D eigenvalue weighted by atomic mass is 9.86. The number of rotatable bonds is 2. The van der Waals surface area contributed by atoms with E-state index in [1.165, 1.54) is 36.1 Å². The molecule has 1 fully saturated rings. The van der Waals surface area contributed by atoms with Crippen molar-refractivity contribution < 1.29 is 4.74 Å². The molecule has 2 aliphatic rings. The zero-order valence-corrected chi connectivity index (χ0v) is 10.2. The highest BCUT2D eigenvalue weighted by Crippen LogP contribution is 2.50. The fourth-order valence-corrected chi connectivity index (χ4v) is 2.92. The molecule has 86 valence electrons. The van der Waals surface area contributed by atoms with Gasteiger partial charge in [0.25, 0.3) is 0 Å². The lowest BCUT2D eigenvalue weighted by Gasteiger charge is -2.28. The maximum absolute atomic E-state index is 5.92. The summed E-state index contributed by atoms with van der Waals surface area (Å²) in [5, 5.41) is 0. The Labute approximate surface area is 97.8 Å². The molecule has 1 heteroatoms. The van der Waals surface area contributed by atoms with Crippen LogP contribution in [0.25, 0.3) is 0 Å². The highest BCUT2D eigenvalue weighted by Gasteiger charge is 2.36. The summed E-state index contributed by atoms with van der Waals surface area (Å²) in [4.78, 5) is 0. The molecule has 0 radical (unpaired) electrons. The van der Waals surface area contributed by atoms with Gasteiger partial charge in [0.1, 0.15) is 5.75 Å². The molecule has 1 aliphatic carbocycles. The van der Waals surface area contributed by atoms with E-state index in [-0.39, 0.29) is 0 Å². The molecular weight excluding hydrogens is 196 g/mol. The third-order valence-electron chi connectivity index (χ3n) is 3.96. The molecule has 1 aromatic carbocycles. The van der Waals surface area contributed by atoms with Crippen LogP contribution < -0.4 is 4.74 Å². The van der Waals surface area contributed by atoms with Gasteiger partial charge in [-0.15, -0.1) is 0 Å². The molecule has 0 saturated heterocycles. The molecule has 0 N–H and O–H groups in total. The maximum atomic E-state index is 5.92. The molecule has 3 rings (SSSR count). The minimum Gasteiger partial charge on any atom is -0.493 e. The van der Waals surface area contributed by atoms with E-state index in [9.17, 15) is 0 Å². The van der Waals surface area contributed by atoms with Gasteiger partial charge in [0.05, 0.1) is 6.61 Å². The van der Waals surface area contributed by atoms with E-state index in [0.717, 1.165) is 18.4 Å². The molecule has 0 amide bonds. The van der Waals surface area contributed by atoms with Crippen LogP contribution in [0.4, 0.5) is 0 Å². The van der Waals surface area contributed by atoms with Crippen LogP contribution in [0.2, 0.25) is 0 Å². The molecule has 0 bridgehead atoms. The Kier molecular flexibility index (Phi) is 2.42. The van der Waals surface area contributed by atoms with Crippen molar-refractivity contribution in [2.75, 3.05) is 6.61 Å². The van der Waals surface area contributed by atoms with Crippen molar-refractivity contribution in [1.29, 1.82) is 0 Å². The van der Waals surface area contributed by atoms with Gasteiger partial charge in [0.2, 0.25) is 0 Å². The molecule has 0 spiro atoms. The van der Waals surface area contributed by atoms with Gasteiger partial charge in [-0.2, -0.15) is 0 Å². The number of para-hydroxylation sites is 1. The Morgan fingerprint density at radius 3 is 2.69 bits per heavy atom. The summed E-state index contributed by atoms with van der Waals surface area (Å²) >= 11 is 0. The van der Waals surface area contributed by atoms with Crippen molar-refractivity contribution >= 4 is 0 Å². The minimum absolute atomic E-state index is 0.563. The number of benzene rings is 1. The monoisotopic (exact) mass is 216 g/mol. The summed E-state index contributed by atoms with van der Waals surface area (Å²) in [5.41, 5.74) is 2.88. The van der Waals surface area contributed by atoms with Crippen molar-refractivity contribution in [3.63, 3.8) is 0 Å². The topological polar surface area (TPSA) is 9.23 Å². The standard InChI is InChI=1S/C15H20O/c1-10(2)12-4-3-5-14-13(11-6-7-11)8-9-16-15(12)14/h3-5,10-11,13H,6-9H2,1-2H3. The molecule has 1 atom stereocenters. The van der Waals surface area contributed by atoms with Crippen molar-refractivity contribution in [3.05, 3.63) is 29.3 Å². The lowest BCUT2D eigenvalue weighted by Crippen LogP contribution is -2.17. The first kappa shape index (κ1) is 10.2. The van der Waals surface area contributed by atoms with Crippen molar-refractivity contribution in [2.45, 2.75) is 44.9 Å². The maximum Gasteiger partial charge on any atom is 0.126 e. The van der Waals surface area contributed by atoms with E-state index in [2.05, 4.69) is 32.0 Å². The zero-order chi connectivity index (χ0) is 11.1. The number of hydrogen-bond acceptors (Lipinski definition) is 1. The quantitative estimate of drug-likeness (QED) is 0.723. The Hall–Kier alpha value is -0.980. The van der Waals surface area contributed by atoms with Gasteiger partial charge >= 0.3 is 0 Å². The smallest absolute Gasteiger partial charge is 0.126 e. The SMILES string of the molecule is CC(C)c1cccc2c1OCCC2C1CC1. The molecule has 1 saturated carbocycles. The number of ether oxygens (including phenoxy) is 1. The predicted octanol–water partition coefficient (Wildman–Crippen LogP) is 4.09. The number of hydrogen-bond donors (Lipinski definition) is 0. The van der Waals surface area contributed by atoms with Crippen molar-refractivity contribution in [3.8, 4) is 5.75 Å². The Bertz CT molecular complexity index is 390. The zero-order valence-electron chi connectivity index (χ0n) is 10.2. The average molecular weight is 216 g/mol. The molecule has 1 heterocycles. The summed E-state index contributed by atoms with van der Waals surface area (Å²) in [6.45, 7) is 5.41. The van der Waals surface area contributed by atoms with Gasteiger partial charge in [0.15, 0.2) is 0 Å². The van der Waals surface area contributed by atoms with Crippen LogP contribution in [0.15, 0.2) is 18.2 Å². The Morgan fingerprint density at radius 1 is 1.19 bits per heavy atom. The van der Waals surface area contributed by atoms with E-state index in [1.807, 2.05) is 0 Å². The predicted molar refractivity (Wildman–Crippen MR) is 66.1 cm³/mol. The van der Waals surface area contributed by atoms with Crippen LogP contribution in [-0.2, 0) is 0 Å². The van der Waals surface area contributed by atoms with Crippen LogP contribution in [0.5, 0.6) is 5.75 Å². The highest BCUT2D eigenvalue weighted by atomic mass is 16.5. The largest absolute Gasteiger partial charge is 0.493 e. The van der Waals surface area contributed by atoms with Gasteiger partial charge in [-0.3, -0.25) is 0 Å². The normalized spacial score (nSPS) is 24.1. The molecule has 1 aromatic rings. The van der Waals surface area contributed by atoms with Gasteiger partial charge in [0, 0.05) is 0 Å². The van der Waals surface area contributed by atoms with E-state index in [0.29, 0.717) is 5.92 Å². The second kappa shape index (κ2) is 3.80. The van der Waals surface area contributed by atoms with Crippen LogP contribution in [0.1, 0.15) is 56.1 Å². The van der Waals surface area contributed by atoms with E-state index >= 15 is 0 Å². The second-order valence-corrected chi connectivity index (χ2v) is 5.50. The average Bonchev–Trinajstić information content (AvgIpc) is 3.11. The fourth-order valence-electron chi connectivity index (χ4n) is 2.92. The van der Waals surface area contributed by atoms with Crippen LogP contribution >= 0.6 is 0 Å². The summed E-state index contributed by atoms with van der Waals surface area (Å²) in [6.07, 6.45) is 4.07. The first-order valence-corrected chi connectivity index (χ1v) is 6.53. The Morgan fingerprint density at radius 2 is 2.00 bits per heavy atom. The van der Waals surface area contributed by atoms with Gasteiger partial charge in [-0.05, 0) is 48.1 Å². The van der Waals surface area contributed by atoms with E-state index < -0.39 is 0 Å². The van der Waals surface area contributed by atoms with Gasteiger partial charge in [-0.1, -0.05) is 32.0 Å². The first-order valence-electron chi connectivity index (χ1n) is 6.53. The lowest BCUT2D eigenvalue weighted by molar-refractivity contribution is 0.255. The third-order valence-corrected chi connectivity index (χ3v) is 3.96. The molecular formula is C15H20O. The summed E-state index contributed by atoms with van der Waals surface area (Å²) in [7, 11) is 0. The number of fused-ring (bicyclic) bond motifs is 1. The van der Waals surface area contributed by atoms with Crippen molar-refractivity contribution in [2.24, 2.45) is 5.92 Å². The molecule has 1 nitrogen and oxygen atoms in total. The van der Waals surface area contributed by atoms with Crippen LogP contribution in [0, 0.1) is 5.92 Å². The summed E-state index contributed by atoms with van der Waals surface area (Å²) in [6, 6.07) is 6.71. The molecule has 1 aliphatic heterocycles. The highest BCUT2D eigenvalue weighted by molar-refractivity contribution is 5.46. The van der Waals surface area contributed by atoms with E-state index in [4.69, 9.17) is 4.74 Å². The minimum atomic E-state index is 0.563. The second-order valence-electron chi connectivity index (χ2n) is 5.50. The van der Waals surface area contributed by atoms with Crippen LogP contribution in [-0.4, -0.2) is 6.61 Å². The van der Waals surface area contributed by atoms with Gasteiger partial charge < -0.3 is 4.74 Å². The Balaban J connectivity index is 2.03. The summed E-state index contributed by atoms with van der Waals surface area (Å²) < 4.78 is 5.92. The van der Waals surface area contributed by atoms with E-state index in [1.54, 1.807) is 0 Å². The molecule has 16 heavy (non-hydrogen) atoms. The fraction of sp³-hybridized carbons (Fsp3) is 0.600. The van der Waals surface area contributed by atoms with Crippen LogP contribution in [0.3, 0.4) is 0 Å². The van der Waals surface area contributed by atoms with Gasteiger partial charge in [-0.25, -0.2) is 0 Å². The molecule has 1 unspecified atom stereocenters. The summed E-state index contributed by atoms with van der Waals surface area (Å²) in [5.74, 6) is 3.50. The first-order chi connectivity index (χ1) is 7.77. The molecule has 0 aromatic heterocycles.